The molecule has 0 radical (unpaired) electrons. The van der Waals surface area contributed by atoms with Crippen molar-refractivity contribution in [2.45, 2.75) is 12.3 Å². The zero-order valence-corrected chi connectivity index (χ0v) is 28.9. The fraction of sp³-hybridized carbons (Fsp3) is 0.0408. The Morgan fingerprint density at radius 2 is 1.04 bits per heavy atom. The first-order valence-electron chi connectivity index (χ1n) is 18.1. The second-order valence-electron chi connectivity index (χ2n) is 13.5. The summed E-state index contributed by atoms with van der Waals surface area (Å²) in [6.07, 6.45) is 7.88. The Hall–Kier alpha value is -6.91. The molecule has 1 aliphatic carbocycles. The van der Waals surface area contributed by atoms with Gasteiger partial charge in [-0.2, -0.15) is 0 Å². The number of aromatic nitrogens is 3. The fourth-order valence-electron chi connectivity index (χ4n) is 7.63. The molecule has 2 aromatic heterocycles. The predicted molar refractivity (Wildman–Crippen MR) is 217 cm³/mol. The van der Waals surface area contributed by atoms with Crippen molar-refractivity contribution in [3.63, 3.8) is 0 Å². The summed E-state index contributed by atoms with van der Waals surface area (Å²) in [5.41, 5.74) is 10.8. The Bertz CT molecular complexity index is 2780. The molecule has 0 bridgehead atoms. The van der Waals surface area contributed by atoms with Gasteiger partial charge in [0.15, 0.2) is 17.5 Å². The maximum atomic E-state index is 6.63. The first-order valence-corrected chi connectivity index (χ1v) is 18.1. The number of hydrogen-bond donors (Lipinski definition) is 0. The maximum Gasteiger partial charge on any atom is 0.164 e. The molecule has 9 aromatic rings. The SMILES string of the molecule is C1=CC(c2ccc(-c3nc(-c4ccccc4)nc(-c4ccccc4)n3)cc2)CC=C1c1cccc2oc3c4ccccc4c(-c4ccccc4)cc3c12. The number of nitrogens with zero attached hydrogens (tertiary/aromatic N) is 3. The fourth-order valence-corrected chi connectivity index (χ4v) is 7.63. The molecule has 10 rings (SSSR count). The van der Waals surface area contributed by atoms with Crippen molar-refractivity contribution in [3.05, 3.63) is 193 Å². The summed E-state index contributed by atoms with van der Waals surface area (Å²) in [5, 5.41) is 4.63. The molecular weight excluding hydrogens is 647 g/mol. The molecule has 0 spiro atoms. The molecular formula is C49H33N3O. The van der Waals surface area contributed by atoms with Gasteiger partial charge in [-0.25, -0.2) is 15.0 Å². The van der Waals surface area contributed by atoms with Gasteiger partial charge in [-0.1, -0.05) is 170 Å². The molecule has 0 fully saturated rings. The first kappa shape index (κ1) is 30.9. The van der Waals surface area contributed by atoms with Crippen LogP contribution in [0.5, 0.6) is 0 Å². The third-order valence-electron chi connectivity index (χ3n) is 10.3. The van der Waals surface area contributed by atoms with Crippen LogP contribution in [-0.2, 0) is 0 Å². The minimum absolute atomic E-state index is 0.264. The van der Waals surface area contributed by atoms with Crippen LogP contribution in [0.25, 0.3) is 83.6 Å². The van der Waals surface area contributed by atoms with Crippen LogP contribution in [0.15, 0.2) is 186 Å². The van der Waals surface area contributed by atoms with Gasteiger partial charge in [0.1, 0.15) is 11.2 Å². The van der Waals surface area contributed by atoms with Crippen LogP contribution in [0.3, 0.4) is 0 Å². The molecule has 250 valence electrons. The molecule has 4 heteroatoms. The van der Waals surface area contributed by atoms with Crippen LogP contribution in [-0.4, -0.2) is 15.0 Å². The smallest absolute Gasteiger partial charge is 0.164 e. The number of rotatable bonds is 6. The molecule has 4 nitrogen and oxygen atoms in total. The summed E-state index contributed by atoms with van der Waals surface area (Å²) in [5.74, 6) is 2.25. The maximum absolute atomic E-state index is 6.63. The Balaban J connectivity index is 0.976. The third kappa shape index (κ3) is 5.62. The zero-order valence-electron chi connectivity index (χ0n) is 28.9. The molecule has 0 aliphatic heterocycles. The molecule has 53 heavy (non-hydrogen) atoms. The van der Waals surface area contributed by atoms with Crippen molar-refractivity contribution in [1.82, 2.24) is 15.0 Å². The lowest BCUT2D eigenvalue weighted by Crippen LogP contribution is -2.01. The average Bonchev–Trinajstić information content (AvgIpc) is 3.64. The average molecular weight is 680 g/mol. The van der Waals surface area contributed by atoms with Gasteiger partial charge in [0.2, 0.25) is 0 Å². The van der Waals surface area contributed by atoms with E-state index in [1.807, 2.05) is 60.7 Å². The summed E-state index contributed by atoms with van der Waals surface area (Å²) >= 11 is 0. The van der Waals surface area contributed by atoms with Gasteiger partial charge in [-0.15, -0.1) is 0 Å². The van der Waals surface area contributed by atoms with Gasteiger partial charge < -0.3 is 4.42 Å². The molecule has 1 atom stereocenters. The quantitative estimate of drug-likeness (QED) is 0.175. The largest absolute Gasteiger partial charge is 0.455 e. The van der Waals surface area contributed by atoms with Gasteiger partial charge >= 0.3 is 0 Å². The number of benzene rings is 7. The van der Waals surface area contributed by atoms with E-state index >= 15 is 0 Å². The minimum Gasteiger partial charge on any atom is -0.455 e. The summed E-state index contributed by atoms with van der Waals surface area (Å²) in [4.78, 5) is 14.7. The summed E-state index contributed by atoms with van der Waals surface area (Å²) in [7, 11) is 0. The predicted octanol–water partition coefficient (Wildman–Crippen LogP) is 12.7. The lowest BCUT2D eigenvalue weighted by molar-refractivity contribution is 0.672. The summed E-state index contributed by atoms with van der Waals surface area (Å²) in [6.45, 7) is 0. The van der Waals surface area contributed by atoms with E-state index < -0.39 is 0 Å². The minimum atomic E-state index is 0.264. The summed E-state index contributed by atoms with van der Waals surface area (Å²) in [6, 6.07) is 56.8. The standard InChI is InChI=1S/C49H33N3O/c1-4-13-34(14-5-1)42-31-43-45-39(21-12-22-44(45)53-46(43)41-20-11-10-19-40(41)42)35-27-23-32(24-28-35)33-25-29-38(30-26-33)49-51-47(36-15-6-2-7-16-36)50-48(52-49)37-17-8-3-9-18-37/h1-23,25-32H,24H2. The lowest BCUT2D eigenvalue weighted by atomic mass is 9.86. The molecule has 0 amide bonds. The van der Waals surface area contributed by atoms with Crippen molar-refractivity contribution in [3.8, 4) is 45.3 Å². The van der Waals surface area contributed by atoms with E-state index in [9.17, 15) is 0 Å². The van der Waals surface area contributed by atoms with E-state index in [1.165, 1.54) is 33.2 Å². The summed E-state index contributed by atoms with van der Waals surface area (Å²) < 4.78 is 6.63. The van der Waals surface area contributed by atoms with Gasteiger partial charge in [0.05, 0.1) is 0 Å². The first-order chi connectivity index (χ1) is 26.3. The van der Waals surface area contributed by atoms with Gasteiger partial charge in [0, 0.05) is 38.8 Å². The van der Waals surface area contributed by atoms with E-state index in [0.717, 1.165) is 50.4 Å². The number of furan rings is 1. The molecule has 1 unspecified atom stereocenters. The van der Waals surface area contributed by atoms with E-state index in [0.29, 0.717) is 17.5 Å². The zero-order chi connectivity index (χ0) is 35.1. The number of allylic oxidation sites excluding steroid dienone is 4. The molecule has 0 N–H and O–H groups in total. The van der Waals surface area contributed by atoms with Gasteiger partial charge in [-0.05, 0) is 51.8 Å². The van der Waals surface area contributed by atoms with E-state index in [-0.39, 0.29) is 5.92 Å². The van der Waals surface area contributed by atoms with Gasteiger partial charge in [-0.3, -0.25) is 0 Å². The van der Waals surface area contributed by atoms with Crippen molar-refractivity contribution in [1.29, 1.82) is 0 Å². The highest BCUT2D eigenvalue weighted by atomic mass is 16.3. The van der Waals surface area contributed by atoms with Crippen LogP contribution in [0.4, 0.5) is 0 Å². The van der Waals surface area contributed by atoms with E-state index in [1.54, 1.807) is 0 Å². The lowest BCUT2D eigenvalue weighted by Gasteiger charge is -2.18. The Labute approximate surface area is 307 Å². The Kier molecular flexibility index (Phi) is 7.58. The normalized spacial score (nSPS) is 14.2. The van der Waals surface area contributed by atoms with Crippen LogP contribution >= 0.6 is 0 Å². The van der Waals surface area contributed by atoms with Crippen molar-refractivity contribution >= 4 is 38.3 Å². The number of fused-ring (bicyclic) bond motifs is 5. The Morgan fingerprint density at radius 1 is 0.472 bits per heavy atom. The number of hydrogen-bond acceptors (Lipinski definition) is 4. The highest BCUT2D eigenvalue weighted by molar-refractivity contribution is 6.21. The molecule has 7 aromatic carbocycles. The van der Waals surface area contributed by atoms with Crippen molar-refractivity contribution in [2.75, 3.05) is 0 Å². The van der Waals surface area contributed by atoms with Crippen LogP contribution < -0.4 is 0 Å². The molecule has 0 saturated carbocycles. The highest BCUT2D eigenvalue weighted by Crippen LogP contribution is 2.43. The topological polar surface area (TPSA) is 51.8 Å². The second kappa shape index (κ2) is 13.0. The molecule has 1 aliphatic rings. The van der Waals surface area contributed by atoms with Gasteiger partial charge in [0.25, 0.3) is 0 Å². The Morgan fingerprint density at radius 3 is 1.64 bits per heavy atom. The van der Waals surface area contributed by atoms with E-state index in [2.05, 4.69) is 121 Å². The van der Waals surface area contributed by atoms with Crippen molar-refractivity contribution < 1.29 is 4.42 Å². The van der Waals surface area contributed by atoms with Crippen LogP contribution in [0, 0.1) is 0 Å². The van der Waals surface area contributed by atoms with Crippen LogP contribution in [0.2, 0.25) is 0 Å². The highest BCUT2D eigenvalue weighted by Gasteiger charge is 2.20. The van der Waals surface area contributed by atoms with Crippen molar-refractivity contribution in [2.24, 2.45) is 0 Å². The second-order valence-corrected chi connectivity index (χ2v) is 13.5. The molecule has 0 saturated heterocycles. The monoisotopic (exact) mass is 679 g/mol. The van der Waals surface area contributed by atoms with E-state index in [4.69, 9.17) is 19.4 Å². The molecule has 2 heterocycles. The third-order valence-corrected chi connectivity index (χ3v) is 10.3. The van der Waals surface area contributed by atoms with Crippen LogP contribution in [0.1, 0.15) is 23.5 Å².